The lowest BCUT2D eigenvalue weighted by Crippen LogP contribution is -2.20. The van der Waals surface area contributed by atoms with Crippen LogP contribution in [0.4, 0.5) is 11.4 Å². The first-order valence-corrected chi connectivity index (χ1v) is 7.61. The van der Waals surface area contributed by atoms with Crippen molar-refractivity contribution in [3.05, 3.63) is 42.5 Å². The van der Waals surface area contributed by atoms with Gasteiger partial charge in [-0.25, -0.2) is 0 Å². The van der Waals surface area contributed by atoms with E-state index in [1.807, 2.05) is 20.8 Å². The van der Waals surface area contributed by atoms with E-state index in [-0.39, 0.29) is 16.9 Å². The molecule has 0 heterocycles. The van der Waals surface area contributed by atoms with E-state index >= 15 is 0 Å². The fourth-order valence-corrected chi connectivity index (χ4v) is 3.18. The molecule has 0 aliphatic rings. The maximum absolute atomic E-state index is 11.7. The highest BCUT2D eigenvalue weighted by atomic mass is 16.6. The van der Waals surface area contributed by atoms with Crippen LogP contribution < -0.4 is 0 Å². The second kappa shape index (κ2) is 6.42. The van der Waals surface area contributed by atoms with Gasteiger partial charge in [0, 0.05) is 16.5 Å². The molecule has 6 heteroatoms. The molecule has 0 aliphatic carbocycles. The minimum atomic E-state index is -0.676. The van der Waals surface area contributed by atoms with Crippen molar-refractivity contribution in [3.8, 4) is 0 Å². The highest BCUT2D eigenvalue weighted by Crippen LogP contribution is 2.45. The Morgan fingerprint density at radius 2 is 1.09 bits per heavy atom. The van der Waals surface area contributed by atoms with Crippen LogP contribution in [0.1, 0.15) is 63.8 Å². The van der Waals surface area contributed by atoms with Gasteiger partial charge in [0.05, 0.1) is 9.85 Å². The number of hydrogen-bond acceptors (Lipinski definition) is 4. The SMILES string of the molecule is CCc1c(CC)c([N+](=O)[O-])c(C(C)(C)C)c([N+](=O)[O-])c1CC. The first-order chi connectivity index (χ1) is 10.1. The first-order valence-electron chi connectivity index (χ1n) is 7.61. The van der Waals surface area contributed by atoms with Crippen LogP contribution in [0.15, 0.2) is 0 Å². The van der Waals surface area contributed by atoms with Gasteiger partial charge in [-0.3, -0.25) is 20.2 Å². The van der Waals surface area contributed by atoms with Crippen LogP contribution in [0.2, 0.25) is 0 Å². The summed E-state index contributed by atoms with van der Waals surface area (Å²) in [5.74, 6) is 0. The van der Waals surface area contributed by atoms with E-state index in [0.717, 1.165) is 5.56 Å². The number of hydrogen-bond donors (Lipinski definition) is 0. The summed E-state index contributed by atoms with van der Waals surface area (Å²) in [5, 5.41) is 23.3. The second-order valence-corrected chi connectivity index (χ2v) is 6.33. The molecular weight excluding hydrogens is 284 g/mol. The monoisotopic (exact) mass is 308 g/mol. The van der Waals surface area contributed by atoms with Crippen LogP contribution in [0, 0.1) is 20.2 Å². The van der Waals surface area contributed by atoms with Gasteiger partial charge in [0.15, 0.2) is 0 Å². The second-order valence-electron chi connectivity index (χ2n) is 6.33. The molecule has 1 rings (SSSR count). The predicted molar refractivity (Wildman–Crippen MR) is 86.6 cm³/mol. The lowest BCUT2D eigenvalue weighted by atomic mass is 9.78. The minimum Gasteiger partial charge on any atom is -0.258 e. The molecule has 0 fully saturated rings. The molecule has 0 aromatic heterocycles. The van der Waals surface area contributed by atoms with Gasteiger partial charge in [-0.2, -0.15) is 0 Å². The van der Waals surface area contributed by atoms with Gasteiger partial charge in [0.2, 0.25) is 0 Å². The molecule has 1 aromatic carbocycles. The predicted octanol–water partition coefficient (Wildman–Crippen LogP) is 4.49. The Morgan fingerprint density at radius 3 is 1.27 bits per heavy atom. The topological polar surface area (TPSA) is 86.3 Å². The van der Waals surface area contributed by atoms with Gasteiger partial charge in [0.25, 0.3) is 11.4 Å². The van der Waals surface area contributed by atoms with Crippen LogP contribution in [0.25, 0.3) is 0 Å². The molecule has 0 saturated carbocycles. The lowest BCUT2D eigenvalue weighted by molar-refractivity contribution is -0.397. The van der Waals surface area contributed by atoms with Crippen molar-refractivity contribution < 1.29 is 9.85 Å². The van der Waals surface area contributed by atoms with Crippen LogP contribution in [-0.4, -0.2) is 9.85 Å². The number of nitro groups is 2. The molecule has 0 bridgehead atoms. The van der Waals surface area contributed by atoms with Crippen LogP contribution >= 0.6 is 0 Å². The first kappa shape index (κ1) is 18.1. The van der Waals surface area contributed by atoms with Gasteiger partial charge in [0.1, 0.15) is 5.56 Å². The summed E-state index contributed by atoms with van der Waals surface area (Å²) < 4.78 is 0. The smallest absolute Gasteiger partial charge is 0.258 e. The van der Waals surface area contributed by atoms with E-state index in [0.29, 0.717) is 30.4 Å². The number of benzene rings is 1. The van der Waals surface area contributed by atoms with Crippen LogP contribution in [0.5, 0.6) is 0 Å². The third kappa shape index (κ3) is 2.96. The van der Waals surface area contributed by atoms with Crippen molar-refractivity contribution in [2.75, 3.05) is 0 Å². The molecule has 0 unspecified atom stereocenters. The van der Waals surface area contributed by atoms with E-state index < -0.39 is 15.3 Å². The average Bonchev–Trinajstić information content (AvgIpc) is 2.42. The summed E-state index contributed by atoms with van der Waals surface area (Å²) in [6.45, 7) is 11.0. The van der Waals surface area contributed by atoms with Gasteiger partial charge < -0.3 is 0 Å². The van der Waals surface area contributed by atoms with Crippen molar-refractivity contribution >= 4 is 11.4 Å². The summed E-state index contributed by atoms with van der Waals surface area (Å²) in [4.78, 5) is 22.4. The van der Waals surface area contributed by atoms with E-state index in [1.165, 1.54) is 0 Å². The molecule has 122 valence electrons. The molecule has 1 aromatic rings. The molecule has 6 nitrogen and oxygen atoms in total. The molecule has 0 radical (unpaired) electrons. The maximum atomic E-state index is 11.7. The fourth-order valence-electron chi connectivity index (χ4n) is 3.18. The van der Waals surface area contributed by atoms with Gasteiger partial charge >= 0.3 is 0 Å². The Balaban J connectivity index is 4.18. The normalized spacial score (nSPS) is 11.5. The maximum Gasteiger partial charge on any atom is 0.283 e. The van der Waals surface area contributed by atoms with Crippen molar-refractivity contribution in [1.29, 1.82) is 0 Å². The van der Waals surface area contributed by atoms with Crippen LogP contribution in [-0.2, 0) is 24.7 Å². The summed E-state index contributed by atoms with van der Waals surface area (Å²) >= 11 is 0. The van der Waals surface area contributed by atoms with E-state index in [1.54, 1.807) is 20.8 Å². The number of nitrogens with zero attached hydrogens (tertiary/aromatic N) is 2. The molecular formula is C16H24N2O4. The number of nitro benzene ring substituents is 2. The third-order valence-corrected chi connectivity index (χ3v) is 3.95. The van der Waals surface area contributed by atoms with Crippen molar-refractivity contribution in [3.63, 3.8) is 0 Å². The van der Waals surface area contributed by atoms with Crippen molar-refractivity contribution in [2.24, 2.45) is 0 Å². The Labute approximate surface area is 130 Å². The summed E-state index contributed by atoms with van der Waals surface area (Å²) in [7, 11) is 0. The molecule has 0 spiro atoms. The zero-order valence-electron chi connectivity index (χ0n) is 14.1. The fraction of sp³-hybridized carbons (Fsp3) is 0.625. The van der Waals surface area contributed by atoms with Gasteiger partial charge in [-0.05, 0) is 24.8 Å². The summed E-state index contributed by atoms with van der Waals surface area (Å²) in [5.41, 5.74) is 1.46. The van der Waals surface area contributed by atoms with E-state index in [9.17, 15) is 20.2 Å². The van der Waals surface area contributed by atoms with Crippen molar-refractivity contribution in [1.82, 2.24) is 0 Å². The standard InChI is InChI=1S/C16H24N2O4/c1-7-10-11(8-2)14(17(19)20)13(16(4,5)6)15(18(21)22)12(10)9-3/h7-9H2,1-6H3. The van der Waals surface area contributed by atoms with Crippen molar-refractivity contribution in [2.45, 2.75) is 66.2 Å². The summed E-state index contributed by atoms with van der Waals surface area (Å²) in [6, 6.07) is 0. The molecule has 0 amide bonds. The zero-order chi connectivity index (χ0) is 17.2. The largest absolute Gasteiger partial charge is 0.283 e. The van der Waals surface area contributed by atoms with Gasteiger partial charge in [-0.1, -0.05) is 41.5 Å². The minimum absolute atomic E-state index is 0.0734. The highest BCUT2D eigenvalue weighted by Gasteiger charge is 2.40. The van der Waals surface area contributed by atoms with Crippen LogP contribution in [0.3, 0.4) is 0 Å². The molecule has 0 N–H and O–H groups in total. The van der Waals surface area contributed by atoms with Gasteiger partial charge in [-0.15, -0.1) is 0 Å². The third-order valence-electron chi connectivity index (χ3n) is 3.95. The summed E-state index contributed by atoms with van der Waals surface area (Å²) in [6.07, 6.45) is 1.54. The molecule has 0 atom stereocenters. The van der Waals surface area contributed by atoms with E-state index in [4.69, 9.17) is 0 Å². The molecule has 0 saturated heterocycles. The molecule has 0 aliphatic heterocycles. The Bertz CT molecular complexity index is 573. The Hall–Kier alpha value is -1.98. The quantitative estimate of drug-likeness (QED) is 0.592. The highest BCUT2D eigenvalue weighted by molar-refractivity contribution is 5.68. The lowest BCUT2D eigenvalue weighted by Gasteiger charge is -2.24. The Kier molecular flexibility index (Phi) is 5.27. The van der Waals surface area contributed by atoms with E-state index in [2.05, 4.69) is 0 Å². The number of rotatable bonds is 5. The molecule has 22 heavy (non-hydrogen) atoms. The zero-order valence-corrected chi connectivity index (χ0v) is 14.1. The average molecular weight is 308 g/mol. The Morgan fingerprint density at radius 1 is 0.773 bits per heavy atom.